The lowest BCUT2D eigenvalue weighted by Crippen LogP contribution is -2.46. The van der Waals surface area contributed by atoms with Crippen molar-refractivity contribution in [2.45, 2.75) is 6.42 Å². The Morgan fingerprint density at radius 2 is 1.94 bits per heavy atom. The van der Waals surface area contributed by atoms with E-state index in [9.17, 15) is 9.59 Å². The van der Waals surface area contributed by atoms with Gasteiger partial charge in [0.15, 0.2) is 0 Å². The standard InChI is InChI=1S/C10H14ClNO4/c11-3-1-4-12-5-2-7(9(13)14)8(6-12)10(15)16/h1,3,7-8H,2,4-6H2,(H,13,14)(H,15,16)/b3-1+. The molecule has 0 amide bonds. The molecular formula is C10H14ClNO4. The quantitative estimate of drug-likeness (QED) is 0.770. The molecule has 1 fully saturated rings. The molecule has 16 heavy (non-hydrogen) atoms. The summed E-state index contributed by atoms with van der Waals surface area (Å²) in [5.41, 5.74) is 1.37. The largest absolute Gasteiger partial charge is 0.481 e. The van der Waals surface area contributed by atoms with Crippen molar-refractivity contribution in [3.8, 4) is 0 Å². The molecule has 2 N–H and O–H groups in total. The van der Waals surface area contributed by atoms with E-state index in [1.807, 2.05) is 4.90 Å². The van der Waals surface area contributed by atoms with E-state index in [1.54, 1.807) is 6.08 Å². The molecule has 6 heteroatoms. The van der Waals surface area contributed by atoms with E-state index in [-0.39, 0.29) is 6.54 Å². The second kappa shape index (κ2) is 5.86. The lowest BCUT2D eigenvalue weighted by atomic mass is 9.85. The molecule has 0 saturated carbocycles. The fourth-order valence-electron chi connectivity index (χ4n) is 1.92. The topological polar surface area (TPSA) is 77.8 Å². The van der Waals surface area contributed by atoms with Crippen LogP contribution >= 0.6 is 11.6 Å². The molecule has 2 atom stereocenters. The first kappa shape index (κ1) is 13.0. The van der Waals surface area contributed by atoms with Gasteiger partial charge in [0.05, 0.1) is 11.8 Å². The van der Waals surface area contributed by atoms with Crippen LogP contribution in [0.15, 0.2) is 11.6 Å². The van der Waals surface area contributed by atoms with Crippen LogP contribution in [0.2, 0.25) is 0 Å². The average molecular weight is 248 g/mol. The van der Waals surface area contributed by atoms with Gasteiger partial charge in [-0.15, -0.1) is 0 Å². The van der Waals surface area contributed by atoms with Crippen LogP contribution < -0.4 is 0 Å². The van der Waals surface area contributed by atoms with Crippen LogP contribution in [0.1, 0.15) is 6.42 Å². The van der Waals surface area contributed by atoms with Gasteiger partial charge in [0.1, 0.15) is 0 Å². The van der Waals surface area contributed by atoms with Gasteiger partial charge < -0.3 is 10.2 Å². The molecule has 0 aromatic heterocycles. The van der Waals surface area contributed by atoms with Crippen LogP contribution in [0.5, 0.6) is 0 Å². The summed E-state index contributed by atoms with van der Waals surface area (Å²) in [4.78, 5) is 23.7. The second-order valence-electron chi connectivity index (χ2n) is 3.80. The Balaban J connectivity index is 2.65. The van der Waals surface area contributed by atoms with Gasteiger partial charge in [0.25, 0.3) is 0 Å². The molecule has 1 rings (SSSR count). The minimum atomic E-state index is -1.05. The molecule has 5 nitrogen and oxygen atoms in total. The molecule has 90 valence electrons. The van der Waals surface area contributed by atoms with Gasteiger partial charge >= 0.3 is 11.9 Å². The number of rotatable bonds is 4. The summed E-state index contributed by atoms with van der Waals surface area (Å²) in [6.07, 6.45) is 2.07. The van der Waals surface area contributed by atoms with Crippen molar-refractivity contribution >= 4 is 23.5 Å². The van der Waals surface area contributed by atoms with E-state index in [4.69, 9.17) is 21.8 Å². The maximum atomic E-state index is 11.0. The van der Waals surface area contributed by atoms with Crippen molar-refractivity contribution < 1.29 is 19.8 Å². The Labute approximate surface area is 98.3 Å². The number of hydrogen-bond donors (Lipinski definition) is 2. The highest BCUT2D eigenvalue weighted by molar-refractivity contribution is 6.25. The third kappa shape index (κ3) is 3.21. The maximum absolute atomic E-state index is 11.0. The minimum absolute atomic E-state index is 0.257. The van der Waals surface area contributed by atoms with E-state index >= 15 is 0 Å². The smallest absolute Gasteiger partial charge is 0.308 e. The third-order valence-corrected chi connectivity index (χ3v) is 2.96. The van der Waals surface area contributed by atoms with Gasteiger partial charge in [0, 0.05) is 18.6 Å². The van der Waals surface area contributed by atoms with Crippen LogP contribution in [0.25, 0.3) is 0 Å². The summed E-state index contributed by atoms with van der Waals surface area (Å²) in [7, 11) is 0. The van der Waals surface area contributed by atoms with Gasteiger partial charge in [-0.05, 0) is 13.0 Å². The van der Waals surface area contributed by atoms with Crippen LogP contribution in [-0.2, 0) is 9.59 Å². The summed E-state index contributed by atoms with van der Waals surface area (Å²) in [6, 6.07) is 0. The minimum Gasteiger partial charge on any atom is -0.481 e. The molecule has 0 bridgehead atoms. The Hall–Kier alpha value is -1.07. The number of aliphatic carboxylic acids is 2. The van der Waals surface area contributed by atoms with Gasteiger partial charge in [0.2, 0.25) is 0 Å². The maximum Gasteiger partial charge on any atom is 0.308 e. The molecule has 1 saturated heterocycles. The Morgan fingerprint density at radius 1 is 1.31 bits per heavy atom. The van der Waals surface area contributed by atoms with Gasteiger partial charge in [-0.3, -0.25) is 14.5 Å². The fourth-order valence-corrected chi connectivity index (χ4v) is 2.00. The number of nitrogens with zero attached hydrogens (tertiary/aromatic N) is 1. The molecular weight excluding hydrogens is 234 g/mol. The van der Waals surface area contributed by atoms with Gasteiger partial charge in [-0.1, -0.05) is 17.7 Å². The Kier molecular flexibility index (Phi) is 4.76. The van der Waals surface area contributed by atoms with Crippen LogP contribution in [0.3, 0.4) is 0 Å². The molecule has 0 spiro atoms. The summed E-state index contributed by atoms with van der Waals surface area (Å²) < 4.78 is 0. The van der Waals surface area contributed by atoms with E-state index in [2.05, 4.69) is 0 Å². The van der Waals surface area contributed by atoms with Crippen LogP contribution in [0.4, 0.5) is 0 Å². The van der Waals surface area contributed by atoms with Crippen molar-refractivity contribution in [2.24, 2.45) is 11.8 Å². The first-order valence-electron chi connectivity index (χ1n) is 4.99. The van der Waals surface area contributed by atoms with E-state index in [0.29, 0.717) is 19.5 Å². The first-order chi connectivity index (χ1) is 7.56. The Morgan fingerprint density at radius 3 is 2.44 bits per heavy atom. The second-order valence-corrected chi connectivity index (χ2v) is 4.05. The summed E-state index contributed by atoms with van der Waals surface area (Å²) in [5.74, 6) is -3.70. The predicted molar refractivity (Wildman–Crippen MR) is 58.3 cm³/mol. The fraction of sp³-hybridized carbons (Fsp3) is 0.600. The molecule has 2 unspecified atom stereocenters. The van der Waals surface area contributed by atoms with Crippen LogP contribution in [-0.4, -0.2) is 46.7 Å². The van der Waals surface area contributed by atoms with E-state index < -0.39 is 23.8 Å². The van der Waals surface area contributed by atoms with E-state index in [0.717, 1.165) is 0 Å². The number of hydrogen-bond acceptors (Lipinski definition) is 3. The van der Waals surface area contributed by atoms with Crippen LogP contribution in [0, 0.1) is 11.8 Å². The monoisotopic (exact) mass is 247 g/mol. The van der Waals surface area contributed by atoms with E-state index in [1.165, 1.54) is 5.54 Å². The number of piperidine rings is 1. The van der Waals surface area contributed by atoms with Crippen molar-refractivity contribution in [3.05, 3.63) is 11.6 Å². The molecule has 1 heterocycles. The van der Waals surface area contributed by atoms with Gasteiger partial charge in [-0.25, -0.2) is 0 Å². The summed E-state index contributed by atoms with van der Waals surface area (Å²) in [5, 5.41) is 17.9. The third-order valence-electron chi connectivity index (χ3n) is 2.78. The number of likely N-dealkylation sites (tertiary alicyclic amines) is 1. The van der Waals surface area contributed by atoms with Crippen molar-refractivity contribution in [1.29, 1.82) is 0 Å². The predicted octanol–water partition coefficient (Wildman–Crippen LogP) is 0.846. The Bertz CT molecular complexity index is 305. The van der Waals surface area contributed by atoms with Crippen molar-refractivity contribution in [3.63, 3.8) is 0 Å². The number of halogens is 1. The SMILES string of the molecule is O=C(O)C1CCN(C/C=C/Cl)CC1C(=O)O. The molecule has 0 aromatic carbocycles. The normalized spacial score (nSPS) is 27.1. The summed E-state index contributed by atoms with van der Waals surface area (Å²) >= 11 is 5.38. The highest BCUT2D eigenvalue weighted by Crippen LogP contribution is 2.24. The number of carboxylic acid groups (broad SMARTS) is 2. The molecule has 1 aliphatic heterocycles. The molecule has 1 aliphatic rings. The number of carbonyl (C=O) groups is 2. The highest BCUT2D eigenvalue weighted by atomic mass is 35.5. The zero-order valence-electron chi connectivity index (χ0n) is 8.67. The molecule has 0 radical (unpaired) electrons. The van der Waals surface area contributed by atoms with Crippen molar-refractivity contribution in [2.75, 3.05) is 19.6 Å². The highest BCUT2D eigenvalue weighted by Gasteiger charge is 2.38. The first-order valence-corrected chi connectivity index (χ1v) is 5.43. The summed E-state index contributed by atoms with van der Waals surface area (Å²) in [6.45, 7) is 1.40. The zero-order chi connectivity index (χ0) is 12.1. The zero-order valence-corrected chi connectivity index (χ0v) is 9.43. The molecule has 0 aromatic rings. The molecule has 0 aliphatic carbocycles. The number of carboxylic acids is 2. The van der Waals surface area contributed by atoms with Gasteiger partial charge in [-0.2, -0.15) is 0 Å². The lowest BCUT2D eigenvalue weighted by Gasteiger charge is -2.33. The lowest BCUT2D eigenvalue weighted by molar-refractivity contribution is -0.157. The average Bonchev–Trinajstić information content (AvgIpc) is 2.25. The van der Waals surface area contributed by atoms with Crippen molar-refractivity contribution in [1.82, 2.24) is 4.90 Å².